The second-order valence-corrected chi connectivity index (χ2v) is 7.50. The van der Waals surface area contributed by atoms with Gasteiger partial charge in [0.2, 0.25) is 5.91 Å². The summed E-state index contributed by atoms with van der Waals surface area (Å²) in [7, 11) is 0. The van der Waals surface area contributed by atoms with Crippen LogP contribution in [0.3, 0.4) is 0 Å². The molecule has 1 saturated heterocycles. The third-order valence-electron chi connectivity index (χ3n) is 5.10. The summed E-state index contributed by atoms with van der Waals surface area (Å²) in [6.45, 7) is 3.48. The lowest BCUT2D eigenvalue weighted by molar-refractivity contribution is -0.127. The molecule has 1 fully saturated rings. The highest BCUT2D eigenvalue weighted by Crippen LogP contribution is 2.21. The quantitative estimate of drug-likeness (QED) is 0.476. The molecule has 162 valence electrons. The number of hydrogen-bond acceptors (Lipinski definition) is 3. The van der Waals surface area contributed by atoms with Gasteiger partial charge in [0, 0.05) is 17.6 Å². The van der Waals surface area contributed by atoms with E-state index in [2.05, 4.69) is 16.7 Å². The molecule has 4 rings (SSSR count). The van der Waals surface area contributed by atoms with Gasteiger partial charge in [0.1, 0.15) is 18.1 Å². The van der Waals surface area contributed by atoms with Crippen LogP contribution in [0.5, 0.6) is 0 Å². The molecule has 2 heterocycles. The number of urea groups is 1. The highest BCUT2D eigenvalue weighted by atomic mass is 19.1. The molecule has 0 radical (unpaired) electrons. The van der Waals surface area contributed by atoms with Crippen molar-refractivity contribution in [3.63, 3.8) is 0 Å². The second kappa shape index (κ2) is 8.50. The Morgan fingerprint density at radius 1 is 1.09 bits per heavy atom. The number of benzene rings is 2. The summed E-state index contributed by atoms with van der Waals surface area (Å²) >= 11 is 0. The summed E-state index contributed by atoms with van der Waals surface area (Å²) in [5.74, 6) is -1.92. The number of aromatic nitrogens is 1. The van der Waals surface area contributed by atoms with E-state index in [0.717, 1.165) is 21.7 Å². The Kier molecular flexibility index (Phi) is 5.59. The molecule has 2 aromatic carbocycles. The Hall–Kier alpha value is -4.20. The average Bonchev–Trinajstić information content (AvgIpc) is 3.30. The van der Waals surface area contributed by atoms with Crippen molar-refractivity contribution in [2.75, 3.05) is 11.9 Å². The zero-order chi connectivity index (χ0) is 22.8. The van der Waals surface area contributed by atoms with E-state index >= 15 is 0 Å². The van der Waals surface area contributed by atoms with E-state index in [4.69, 9.17) is 0 Å². The zero-order valence-electron chi connectivity index (χ0n) is 17.6. The fourth-order valence-electron chi connectivity index (χ4n) is 3.57. The van der Waals surface area contributed by atoms with Crippen LogP contribution >= 0.6 is 0 Å². The Bertz CT molecular complexity index is 1260. The van der Waals surface area contributed by atoms with Gasteiger partial charge in [-0.1, -0.05) is 29.8 Å². The largest absolute Gasteiger partial charge is 0.329 e. The Morgan fingerprint density at radius 2 is 1.88 bits per heavy atom. The van der Waals surface area contributed by atoms with Gasteiger partial charge in [-0.2, -0.15) is 0 Å². The lowest BCUT2D eigenvalue weighted by Crippen LogP contribution is -2.38. The maximum atomic E-state index is 13.7. The van der Waals surface area contributed by atoms with Crippen LogP contribution in [0.15, 0.2) is 66.5 Å². The minimum atomic E-state index is -0.713. The first kappa shape index (κ1) is 21.0. The SMILES string of the molecule is Cc1ccc(-n2cccc2/C=C2/NC(=O)N(CC(=O)Nc3ccccc3F)C2=O)c(C)c1. The number of para-hydroxylation sites is 1. The topological polar surface area (TPSA) is 83.4 Å². The summed E-state index contributed by atoms with van der Waals surface area (Å²) in [4.78, 5) is 38.1. The minimum Gasteiger partial charge on any atom is -0.322 e. The number of rotatable bonds is 5. The summed E-state index contributed by atoms with van der Waals surface area (Å²) in [5.41, 5.74) is 3.88. The molecule has 1 aromatic heterocycles. The van der Waals surface area contributed by atoms with Gasteiger partial charge in [0.25, 0.3) is 5.91 Å². The van der Waals surface area contributed by atoms with Crippen LogP contribution < -0.4 is 10.6 Å². The van der Waals surface area contributed by atoms with Crippen molar-refractivity contribution in [1.82, 2.24) is 14.8 Å². The number of nitrogens with zero attached hydrogens (tertiary/aromatic N) is 2. The first-order valence-electron chi connectivity index (χ1n) is 9.97. The van der Waals surface area contributed by atoms with Crippen LogP contribution in [-0.4, -0.2) is 33.9 Å². The molecule has 0 saturated carbocycles. The Morgan fingerprint density at radius 3 is 2.62 bits per heavy atom. The highest BCUT2D eigenvalue weighted by molar-refractivity contribution is 6.15. The first-order valence-corrected chi connectivity index (χ1v) is 9.97. The molecule has 0 aliphatic carbocycles. The Labute approximate surface area is 184 Å². The van der Waals surface area contributed by atoms with Crippen LogP contribution in [0.25, 0.3) is 11.8 Å². The van der Waals surface area contributed by atoms with Gasteiger partial charge in [-0.3, -0.25) is 9.59 Å². The minimum absolute atomic E-state index is 0.0217. The van der Waals surface area contributed by atoms with Crippen LogP contribution in [0.1, 0.15) is 16.8 Å². The van der Waals surface area contributed by atoms with Gasteiger partial charge >= 0.3 is 6.03 Å². The molecule has 8 heteroatoms. The van der Waals surface area contributed by atoms with Crippen molar-refractivity contribution in [1.29, 1.82) is 0 Å². The number of halogens is 1. The number of carbonyl (C=O) groups is 3. The molecule has 7 nitrogen and oxygen atoms in total. The highest BCUT2D eigenvalue weighted by Gasteiger charge is 2.35. The van der Waals surface area contributed by atoms with Gasteiger partial charge in [0.15, 0.2) is 0 Å². The van der Waals surface area contributed by atoms with Crippen LogP contribution in [0, 0.1) is 19.7 Å². The molecule has 0 spiro atoms. The second-order valence-electron chi connectivity index (χ2n) is 7.50. The summed E-state index contributed by atoms with van der Waals surface area (Å²) in [5, 5.41) is 4.87. The number of hydrogen-bond donors (Lipinski definition) is 2. The maximum absolute atomic E-state index is 13.7. The van der Waals surface area contributed by atoms with E-state index in [9.17, 15) is 18.8 Å². The molecule has 3 aromatic rings. The number of aryl methyl sites for hydroxylation is 2. The number of nitrogens with one attached hydrogen (secondary N) is 2. The van der Waals surface area contributed by atoms with Crippen molar-refractivity contribution < 1.29 is 18.8 Å². The lowest BCUT2D eigenvalue weighted by Gasteiger charge is -2.12. The van der Waals surface area contributed by atoms with E-state index in [-0.39, 0.29) is 11.4 Å². The van der Waals surface area contributed by atoms with Crippen molar-refractivity contribution in [3.05, 3.63) is 89.1 Å². The standard InChI is InChI=1S/C24H21FN4O3/c1-15-9-10-21(16(2)12-15)28-11-5-6-17(28)13-20-23(31)29(24(32)27-20)14-22(30)26-19-8-4-3-7-18(19)25/h3-13H,14H2,1-2H3,(H,26,30)(H,27,32)/b20-13+. The molecule has 0 unspecified atom stereocenters. The molecule has 0 bridgehead atoms. The van der Waals surface area contributed by atoms with Crippen molar-refractivity contribution in [2.45, 2.75) is 13.8 Å². The molecule has 32 heavy (non-hydrogen) atoms. The van der Waals surface area contributed by atoms with E-state index in [1.807, 2.05) is 48.9 Å². The molecular weight excluding hydrogens is 411 g/mol. The van der Waals surface area contributed by atoms with Gasteiger partial charge in [-0.25, -0.2) is 14.1 Å². The monoisotopic (exact) mass is 432 g/mol. The maximum Gasteiger partial charge on any atom is 0.329 e. The third-order valence-corrected chi connectivity index (χ3v) is 5.10. The predicted octanol–water partition coefficient (Wildman–Crippen LogP) is 3.76. The molecule has 4 amide bonds. The van der Waals surface area contributed by atoms with Gasteiger partial charge in [0.05, 0.1) is 5.69 Å². The fraction of sp³-hybridized carbons (Fsp3) is 0.125. The normalized spacial score (nSPS) is 14.7. The number of amides is 4. The van der Waals surface area contributed by atoms with Gasteiger partial charge in [-0.15, -0.1) is 0 Å². The van der Waals surface area contributed by atoms with E-state index in [1.54, 1.807) is 12.1 Å². The number of anilines is 1. The fourth-order valence-corrected chi connectivity index (χ4v) is 3.57. The molecule has 1 aliphatic rings. The first-order chi connectivity index (χ1) is 15.3. The van der Waals surface area contributed by atoms with Crippen molar-refractivity contribution in [2.24, 2.45) is 0 Å². The van der Waals surface area contributed by atoms with Gasteiger partial charge < -0.3 is 15.2 Å². The smallest absolute Gasteiger partial charge is 0.322 e. The third kappa shape index (κ3) is 4.15. The van der Waals surface area contributed by atoms with Crippen LogP contribution in [0.4, 0.5) is 14.9 Å². The average molecular weight is 432 g/mol. The van der Waals surface area contributed by atoms with Crippen LogP contribution in [-0.2, 0) is 9.59 Å². The van der Waals surface area contributed by atoms with Gasteiger partial charge in [-0.05, 0) is 55.8 Å². The van der Waals surface area contributed by atoms with Crippen molar-refractivity contribution >= 4 is 29.6 Å². The molecular formula is C24H21FN4O3. The summed E-state index contributed by atoms with van der Waals surface area (Å²) in [6, 6.07) is 14.6. The lowest BCUT2D eigenvalue weighted by atomic mass is 10.1. The zero-order valence-corrected chi connectivity index (χ0v) is 17.6. The summed E-state index contributed by atoms with van der Waals surface area (Å²) < 4.78 is 15.6. The predicted molar refractivity (Wildman–Crippen MR) is 118 cm³/mol. The van der Waals surface area contributed by atoms with Crippen molar-refractivity contribution in [3.8, 4) is 5.69 Å². The van der Waals surface area contributed by atoms with E-state index in [1.165, 1.54) is 18.2 Å². The number of imide groups is 1. The molecule has 1 aliphatic heterocycles. The summed E-state index contributed by atoms with van der Waals surface area (Å²) in [6.07, 6.45) is 3.43. The Balaban J connectivity index is 1.53. The van der Waals surface area contributed by atoms with E-state index in [0.29, 0.717) is 5.69 Å². The number of carbonyl (C=O) groups excluding carboxylic acids is 3. The van der Waals surface area contributed by atoms with E-state index < -0.39 is 30.2 Å². The molecule has 0 atom stereocenters. The van der Waals surface area contributed by atoms with Crippen LogP contribution in [0.2, 0.25) is 0 Å². The molecule has 2 N–H and O–H groups in total.